The van der Waals surface area contributed by atoms with Crippen LogP contribution in [-0.4, -0.2) is 104 Å². The van der Waals surface area contributed by atoms with Crippen molar-refractivity contribution in [1.29, 1.82) is 0 Å². The van der Waals surface area contributed by atoms with Crippen molar-refractivity contribution < 1.29 is 54.2 Å². The van der Waals surface area contributed by atoms with Crippen molar-refractivity contribution in [1.82, 2.24) is 5.32 Å². The second kappa shape index (κ2) is 10.9. The van der Waals surface area contributed by atoms with Crippen LogP contribution < -0.4 is 10.1 Å². The summed E-state index contributed by atoms with van der Waals surface area (Å²) in [4.78, 5) is 22.0. The van der Waals surface area contributed by atoms with E-state index in [4.69, 9.17) is 18.9 Å². The van der Waals surface area contributed by atoms with Crippen LogP contribution in [0.4, 0.5) is 5.69 Å². The van der Waals surface area contributed by atoms with Crippen LogP contribution in [0, 0.1) is 10.1 Å². The molecule has 6 N–H and O–H groups in total. The van der Waals surface area contributed by atoms with E-state index in [-0.39, 0.29) is 11.4 Å². The lowest BCUT2D eigenvalue weighted by atomic mass is 9.95. The van der Waals surface area contributed by atoms with Crippen molar-refractivity contribution in [3.8, 4) is 5.75 Å². The maximum Gasteiger partial charge on any atom is 0.269 e. The standard InChI is InChI=1S/C20H28N2O12/c1-8-14(25)16(27)17(28)20(31-8)34-18-12(7-23)33-19(13(15(18)26)21-9(2)24)32-11-5-3-10(4-6-11)22(29)30/h3-6,8,12-20,23,25-28H,7H2,1-2H3,(H,21,24)/t8-,12-,13-,14+,15-,16+,17-,18-,19-,20+/m1/s1. The topological polar surface area (TPSA) is 210 Å². The van der Waals surface area contributed by atoms with Crippen molar-refractivity contribution in [2.75, 3.05) is 6.61 Å². The van der Waals surface area contributed by atoms with Crippen LogP contribution in [0.15, 0.2) is 24.3 Å². The Labute approximate surface area is 193 Å². The van der Waals surface area contributed by atoms with E-state index >= 15 is 0 Å². The molecule has 0 aliphatic carbocycles. The molecule has 0 spiro atoms. The van der Waals surface area contributed by atoms with E-state index in [0.29, 0.717) is 0 Å². The molecule has 2 heterocycles. The molecule has 2 aliphatic rings. The third-order valence-corrected chi connectivity index (χ3v) is 5.62. The van der Waals surface area contributed by atoms with Crippen molar-refractivity contribution in [3.05, 3.63) is 34.4 Å². The Kier molecular flexibility index (Phi) is 8.38. The van der Waals surface area contributed by atoms with Crippen molar-refractivity contribution in [2.24, 2.45) is 0 Å². The minimum Gasteiger partial charge on any atom is -0.463 e. The van der Waals surface area contributed by atoms with Gasteiger partial charge in [-0.05, 0) is 19.1 Å². The molecule has 190 valence electrons. The van der Waals surface area contributed by atoms with Gasteiger partial charge in [0.15, 0.2) is 6.29 Å². The molecule has 34 heavy (non-hydrogen) atoms. The maximum absolute atomic E-state index is 11.8. The Hall–Kier alpha value is -2.43. The van der Waals surface area contributed by atoms with E-state index in [2.05, 4.69) is 5.32 Å². The number of carbonyl (C=O) groups excluding carboxylic acids is 1. The Bertz CT molecular complexity index is 854. The third-order valence-electron chi connectivity index (χ3n) is 5.62. The van der Waals surface area contributed by atoms with Crippen LogP contribution in [-0.2, 0) is 19.0 Å². The van der Waals surface area contributed by atoms with Gasteiger partial charge in [-0.25, -0.2) is 0 Å². The summed E-state index contributed by atoms with van der Waals surface area (Å²) >= 11 is 0. The number of benzene rings is 1. The van der Waals surface area contributed by atoms with Crippen LogP contribution in [0.1, 0.15) is 13.8 Å². The molecule has 1 aromatic carbocycles. The number of nitro benzene ring substituents is 1. The number of rotatable bonds is 7. The Morgan fingerprint density at radius 1 is 1.06 bits per heavy atom. The fourth-order valence-electron chi connectivity index (χ4n) is 3.79. The van der Waals surface area contributed by atoms with E-state index in [0.717, 1.165) is 0 Å². The number of hydrogen-bond donors (Lipinski definition) is 6. The van der Waals surface area contributed by atoms with Crippen molar-refractivity contribution in [3.63, 3.8) is 0 Å². The van der Waals surface area contributed by atoms with E-state index in [1.807, 2.05) is 0 Å². The quantitative estimate of drug-likeness (QED) is 0.178. The van der Waals surface area contributed by atoms with Gasteiger partial charge in [-0.2, -0.15) is 0 Å². The fraction of sp³-hybridized carbons (Fsp3) is 0.650. The zero-order valence-corrected chi connectivity index (χ0v) is 18.3. The van der Waals surface area contributed by atoms with E-state index in [1.165, 1.54) is 38.1 Å². The molecule has 1 amide bonds. The zero-order valence-electron chi connectivity index (χ0n) is 18.3. The average Bonchev–Trinajstić information content (AvgIpc) is 2.79. The van der Waals surface area contributed by atoms with Gasteiger partial charge < -0.3 is 49.8 Å². The molecule has 2 saturated heterocycles. The van der Waals surface area contributed by atoms with E-state index < -0.39 is 78.8 Å². The van der Waals surface area contributed by atoms with Gasteiger partial charge >= 0.3 is 0 Å². The monoisotopic (exact) mass is 488 g/mol. The highest BCUT2D eigenvalue weighted by Gasteiger charge is 2.51. The molecular weight excluding hydrogens is 460 g/mol. The number of carbonyl (C=O) groups is 1. The first kappa shape index (κ1) is 26.2. The molecule has 3 rings (SSSR count). The summed E-state index contributed by atoms with van der Waals surface area (Å²) in [5.74, 6) is -0.418. The lowest BCUT2D eigenvalue weighted by Crippen LogP contribution is -2.67. The van der Waals surface area contributed by atoms with Crippen LogP contribution >= 0.6 is 0 Å². The lowest BCUT2D eigenvalue weighted by Gasteiger charge is -2.46. The molecule has 2 fully saturated rings. The van der Waals surface area contributed by atoms with Crippen LogP contribution in [0.2, 0.25) is 0 Å². The number of nitro groups is 1. The van der Waals surface area contributed by atoms with Gasteiger partial charge in [0.25, 0.3) is 5.69 Å². The number of nitrogens with zero attached hydrogens (tertiary/aromatic N) is 1. The number of non-ortho nitro benzene ring substituents is 1. The van der Waals surface area contributed by atoms with Gasteiger partial charge in [-0.3, -0.25) is 14.9 Å². The first-order valence-corrected chi connectivity index (χ1v) is 10.5. The normalized spacial score (nSPS) is 38.2. The summed E-state index contributed by atoms with van der Waals surface area (Å²) in [6, 6.07) is 3.76. The number of hydrogen-bond acceptors (Lipinski definition) is 12. The second-order valence-electron chi connectivity index (χ2n) is 8.09. The fourth-order valence-corrected chi connectivity index (χ4v) is 3.79. The number of ether oxygens (including phenoxy) is 4. The zero-order chi connectivity index (χ0) is 25.2. The van der Waals surface area contributed by atoms with Gasteiger partial charge in [-0.15, -0.1) is 0 Å². The highest BCUT2D eigenvalue weighted by molar-refractivity contribution is 5.73. The van der Waals surface area contributed by atoms with Crippen molar-refractivity contribution in [2.45, 2.75) is 75.2 Å². The highest BCUT2D eigenvalue weighted by atomic mass is 16.7. The summed E-state index contributed by atoms with van der Waals surface area (Å²) in [5.41, 5.74) is -0.176. The SMILES string of the molecule is CC(=O)N[C@H]1[C@H](Oc2ccc([N+](=O)[O-])cc2)O[C@H](CO)[C@@H](O[C@@H]2O[C@H](C)[C@H](O)[C@H](O)[C@H]2O)[C@@H]1O. The van der Waals surface area contributed by atoms with E-state index in [9.17, 15) is 40.4 Å². The molecule has 1 aromatic rings. The summed E-state index contributed by atoms with van der Waals surface area (Å²) in [6.07, 6.45) is -12.5. The molecule has 2 aliphatic heterocycles. The summed E-state index contributed by atoms with van der Waals surface area (Å²) in [5, 5.41) is 64.3. The maximum atomic E-state index is 11.8. The molecule has 0 radical (unpaired) electrons. The Balaban J connectivity index is 1.80. The number of aliphatic hydroxyl groups excluding tert-OH is 5. The van der Waals surface area contributed by atoms with Gasteiger partial charge in [0, 0.05) is 19.1 Å². The van der Waals surface area contributed by atoms with Gasteiger partial charge in [0.05, 0.1) is 17.6 Å². The van der Waals surface area contributed by atoms with E-state index in [1.54, 1.807) is 0 Å². The predicted octanol–water partition coefficient (Wildman–Crippen LogP) is -2.23. The van der Waals surface area contributed by atoms with Crippen LogP contribution in [0.5, 0.6) is 5.75 Å². The smallest absolute Gasteiger partial charge is 0.269 e. The number of amides is 1. The molecular formula is C20H28N2O12. The minimum atomic E-state index is -1.67. The first-order chi connectivity index (χ1) is 16.0. The molecule has 0 bridgehead atoms. The average molecular weight is 488 g/mol. The van der Waals surface area contributed by atoms with Gasteiger partial charge in [-0.1, -0.05) is 0 Å². The molecule has 0 saturated carbocycles. The Morgan fingerprint density at radius 2 is 1.71 bits per heavy atom. The third kappa shape index (κ3) is 5.61. The number of nitrogens with one attached hydrogen (secondary N) is 1. The summed E-state index contributed by atoms with van der Waals surface area (Å²) < 4.78 is 22.4. The lowest BCUT2D eigenvalue weighted by molar-refractivity contribution is -0.384. The largest absolute Gasteiger partial charge is 0.463 e. The predicted molar refractivity (Wildman–Crippen MR) is 110 cm³/mol. The minimum absolute atomic E-state index is 0.131. The molecule has 14 heteroatoms. The van der Waals surface area contributed by atoms with Crippen molar-refractivity contribution >= 4 is 11.6 Å². The van der Waals surface area contributed by atoms with Gasteiger partial charge in [0.1, 0.15) is 48.4 Å². The van der Waals surface area contributed by atoms with Crippen LogP contribution in [0.25, 0.3) is 0 Å². The molecule has 0 unspecified atom stereocenters. The number of aliphatic hydroxyl groups is 5. The van der Waals surface area contributed by atoms with Gasteiger partial charge in [0.2, 0.25) is 12.2 Å². The summed E-state index contributed by atoms with van der Waals surface area (Å²) in [6.45, 7) is 1.97. The molecule has 14 nitrogen and oxygen atoms in total. The molecule has 10 atom stereocenters. The first-order valence-electron chi connectivity index (χ1n) is 10.5. The second-order valence-corrected chi connectivity index (χ2v) is 8.09. The molecule has 0 aromatic heterocycles. The highest BCUT2D eigenvalue weighted by Crippen LogP contribution is 2.30. The van der Waals surface area contributed by atoms with Crippen LogP contribution in [0.3, 0.4) is 0 Å². The summed E-state index contributed by atoms with van der Waals surface area (Å²) in [7, 11) is 0. The Morgan fingerprint density at radius 3 is 2.26 bits per heavy atom.